The summed E-state index contributed by atoms with van der Waals surface area (Å²) in [5.74, 6) is 0.725. The van der Waals surface area contributed by atoms with Crippen molar-refractivity contribution in [1.82, 2.24) is 10.3 Å². The van der Waals surface area contributed by atoms with Gasteiger partial charge in [-0.15, -0.1) is 0 Å². The first-order valence-electron chi connectivity index (χ1n) is 7.96. The fourth-order valence-electron chi connectivity index (χ4n) is 3.83. The lowest BCUT2D eigenvalue weighted by Gasteiger charge is -2.21. The van der Waals surface area contributed by atoms with Crippen LogP contribution in [0.1, 0.15) is 52.3 Å². The summed E-state index contributed by atoms with van der Waals surface area (Å²) in [6.45, 7) is 15.1. The highest BCUT2D eigenvalue weighted by atomic mass is 15.0. The van der Waals surface area contributed by atoms with Gasteiger partial charge in [0.2, 0.25) is 0 Å². The molecule has 112 valence electrons. The second kappa shape index (κ2) is 5.48. The van der Waals surface area contributed by atoms with E-state index in [4.69, 9.17) is 0 Å². The van der Waals surface area contributed by atoms with Crippen molar-refractivity contribution in [2.24, 2.45) is 16.7 Å². The van der Waals surface area contributed by atoms with E-state index in [-0.39, 0.29) is 0 Å². The van der Waals surface area contributed by atoms with Crippen molar-refractivity contribution in [3.8, 4) is 0 Å². The lowest BCUT2D eigenvalue weighted by Crippen LogP contribution is -2.36. The molecule has 1 N–H and O–H groups in total. The number of hydrogen-bond acceptors (Lipinski definition) is 2. The monoisotopic (exact) mass is 274 g/mol. The minimum atomic E-state index is 0.418. The Morgan fingerprint density at radius 1 is 1.25 bits per heavy atom. The molecule has 0 aromatic carbocycles. The maximum absolute atomic E-state index is 4.59. The zero-order valence-corrected chi connectivity index (χ0v) is 14.0. The van der Waals surface area contributed by atoms with Gasteiger partial charge in [0.05, 0.1) is 0 Å². The Hall–Kier alpha value is -0.890. The van der Waals surface area contributed by atoms with Crippen molar-refractivity contribution in [3.63, 3.8) is 0 Å². The van der Waals surface area contributed by atoms with Crippen molar-refractivity contribution in [2.45, 2.75) is 60.4 Å². The number of nitrogens with zero attached hydrogens (tertiary/aromatic N) is 1. The second-order valence-electron chi connectivity index (χ2n) is 7.45. The van der Waals surface area contributed by atoms with Crippen LogP contribution >= 0.6 is 0 Å². The average Bonchev–Trinajstić information content (AvgIpc) is 2.78. The number of pyridine rings is 1. The van der Waals surface area contributed by atoms with Crippen LogP contribution < -0.4 is 5.32 Å². The van der Waals surface area contributed by atoms with E-state index in [1.165, 1.54) is 17.7 Å². The minimum Gasteiger partial charge on any atom is -0.313 e. The van der Waals surface area contributed by atoms with Gasteiger partial charge in [-0.2, -0.15) is 0 Å². The van der Waals surface area contributed by atoms with Crippen molar-refractivity contribution in [1.29, 1.82) is 0 Å². The molecule has 0 spiro atoms. The van der Waals surface area contributed by atoms with Crippen LogP contribution in [0.5, 0.6) is 0 Å². The van der Waals surface area contributed by atoms with Gasteiger partial charge in [0.25, 0.3) is 0 Å². The molecule has 0 amide bonds. The summed E-state index contributed by atoms with van der Waals surface area (Å²) in [5.41, 5.74) is 3.40. The molecule has 20 heavy (non-hydrogen) atoms. The summed E-state index contributed by atoms with van der Waals surface area (Å²) in [7, 11) is 0. The van der Waals surface area contributed by atoms with Crippen molar-refractivity contribution < 1.29 is 0 Å². The van der Waals surface area contributed by atoms with E-state index >= 15 is 0 Å². The van der Waals surface area contributed by atoms with Crippen LogP contribution in [0.25, 0.3) is 0 Å². The number of rotatable bonds is 6. The number of aryl methyl sites for hydroxylation is 1. The summed E-state index contributed by atoms with van der Waals surface area (Å²) in [4.78, 5) is 4.59. The van der Waals surface area contributed by atoms with Gasteiger partial charge in [0.15, 0.2) is 0 Å². The van der Waals surface area contributed by atoms with Crippen molar-refractivity contribution in [3.05, 3.63) is 29.6 Å². The zero-order chi connectivity index (χ0) is 15.0. The molecule has 1 fully saturated rings. The van der Waals surface area contributed by atoms with E-state index in [1.54, 1.807) is 0 Å². The first-order valence-corrected chi connectivity index (χ1v) is 7.96. The predicted molar refractivity (Wildman–Crippen MR) is 85.8 cm³/mol. The summed E-state index contributed by atoms with van der Waals surface area (Å²) in [5, 5.41) is 3.78. The Balaban J connectivity index is 2.16. The zero-order valence-electron chi connectivity index (χ0n) is 14.0. The van der Waals surface area contributed by atoms with Gasteiger partial charge in [0, 0.05) is 24.4 Å². The van der Waals surface area contributed by atoms with Crippen LogP contribution in [-0.2, 0) is 6.42 Å². The highest BCUT2D eigenvalue weighted by Crippen LogP contribution is 2.69. The third-order valence-electron chi connectivity index (χ3n) is 5.72. The Morgan fingerprint density at radius 2 is 1.90 bits per heavy atom. The Labute approximate surface area is 124 Å². The van der Waals surface area contributed by atoms with Gasteiger partial charge in [0.1, 0.15) is 0 Å². The van der Waals surface area contributed by atoms with E-state index in [0.717, 1.165) is 18.9 Å². The summed E-state index contributed by atoms with van der Waals surface area (Å²) in [6, 6.07) is 4.73. The molecule has 2 heteroatoms. The molecule has 2 rings (SSSR count). The number of hydrogen-bond donors (Lipinski definition) is 1. The van der Waals surface area contributed by atoms with Crippen LogP contribution in [0.15, 0.2) is 18.3 Å². The van der Waals surface area contributed by atoms with Crippen LogP contribution in [0.4, 0.5) is 0 Å². The molecule has 1 unspecified atom stereocenters. The van der Waals surface area contributed by atoms with Gasteiger partial charge < -0.3 is 5.32 Å². The van der Waals surface area contributed by atoms with Gasteiger partial charge in [-0.1, -0.05) is 40.7 Å². The minimum absolute atomic E-state index is 0.418. The second-order valence-corrected chi connectivity index (χ2v) is 7.45. The van der Waals surface area contributed by atoms with E-state index in [0.29, 0.717) is 16.9 Å². The third kappa shape index (κ3) is 2.63. The molecule has 2 nitrogen and oxygen atoms in total. The molecule has 1 saturated carbocycles. The van der Waals surface area contributed by atoms with Gasteiger partial charge in [-0.05, 0) is 48.3 Å². The van der Waals surface area contributed by atoms with Crippen LogP contribution in [0.3, 0.4) is 0 Å². The highest BCUT2D eigenvalue weighted by molar-refractivity contribution is 5.22. The molecule has 0 radical (unpaired) electrons. The molecule has 0 saturated heterocycles. The highest BCUT2D eigenvalue weighted by Gasteiger charge is 2.66. The lowest BCUT2D eigenvalue weighted by atomic mass is 9.97. The maximum Gasteiger partial charge on any atom is 0.0448 e. The average molecular weight is 274 g/mol. The fourth-order valence-corrected chi connectivity index (χ4v) is 3.83. The fraction of sp³-hybridized carbons (Fsp3) is 0.722. The summed E-state index contributed by atoms with van der Waals surface area (Å²) in [6.07, 6.45) is 4.15. The smallest absolute Gasteiger partial charge is 0.0448 e. The summed E-state index contributed by atoms with van der Waals surface area (Å²) >= 11 is 0. The largest absolute Gasteiger partial charge is 0.313 e. The lowest BCUT2D eigenvalue weighted by molar-refractivity contribution is 0.392. The first-order chi connectivity index (χ1) is 9.32. The standard InChI is InChI=1S/C18H30N2/c1-7-10-19-15(16-17(3,4)18(16,5)6)12-14-13(2)9-8-11-20-14/h8-9,11,15-16,19H,7,10,12H2,1-6H3. The molecule has 1 aromatic heterocycles. The Morgan fingerprint density at radius 3 is 2.40 bits per heavy atom. The van der Waals surface area contributed by atoms with Crippen molar-refractivity contribution in [2.75, 3.05) is 6.54 Å². The first kappa shape index (κ1) is 15.5. The van der Waals surface area contributed by atoms with Crippen LogP contribution in [-0.4, -0.2) is 17.6 Å². The van der Waals surface area contributed by atoms with E-state index in [9.17, 15) is 0 Å². The Kier molecular flexibility index (Phi) is 4.24. The van der Waals surface area contributed by atoms with Crippen LogP contribution in [0, 0.1) is 23.7 Å². The molecule has 1 aromatic rings. The van der Waals surface area contributed by atoms with Gasteiger partial charge in [-0.3, -0.25) is 4.98 Å². The molecule has 0 bridgehead atoms. The van der Waals surface area contributed by atoms with E-state index in [1.807, 2.05) is 12.3 Å². The maximum atomic E-state index is 4.59. The molecule has 1 aliphatic carbocycles. The van der Waals surface area contributed by atoms with Gasteiger partial charge in [-0.25, -0.2) is 0 Å². The van der Waals surface area contributed by atoms with E-state index < -0.39 is 0 Å². The SMILES string of the molecule is CCCNC(Cc1ncccc1C)C1C(C)(C)C1(C)C. The van der Waals surface area contributed by atoms with Crippen molar-refractivity contribution >= 4 is 0 Å². The quantitative estimate of drug-likeness (QED) is 0.848. The number of nitrogens with one attached hydrogen (secondary N) is 1. The topological polar surface area (TPSA) is 24.9 Å². The van der Waals surface area contributed by atoms with Crippen LogP contribution in [0.2, 0.25) is 0 Å². The Bertz CT molecular complexity index is 448. The molecule has 1 aliphatic rings. The van der Waals surface area contributed by atoms with E-state index in [2.05, 4.69) is 57.9 Å². The number of aromatic nitrogens is 1. The molecular weight excluding hydrogens is 244 g/mol. The molecule has 1 heterocycles. The molecule has 0 aliphatic heterocycles. The summed E-state index contributed by atoms with van der Waals surface area (Å²) < 4.78 is 0. The third-order valence-corrected chi connectivity index (χ3v) is 5.72. The predicted octanol–water partition coefficient (Wildman–Crippen LogP) is 3.98. The normalized spacial score (nSPS) is 21.7. The molecule has 1 atom stereocenters. The molecular formula is C18H30N2. The van der Waals surface area contributed by atoms with Gasteiger partial charge >= 0.3 is 0 Å².